The summed E-state index contributed by atoms with van der Waals surface area (Å²) in [4.78, 5) is 0. The van der Waals surface area contributed by atoms with Crippen LogP contribution in [0.3, 0.4) is 0 Å². The van der Waals surface area contributed by atoms with Gasteiger partial charge in [0, 0.05) is 5.41 Å². The Morgan fingerprint density at radius 1 is 1.31 bits per heavy atom. The first-order valence-electron chi connectivity index (χ1n) is 4.30. The Hall–Kier alpha value is -0.960. The molecule has 2 nitrogen and oxygen atoms in total. The average molecular weight is 192 g/mol. The van der Waals surface area contributed by atoms with Gasteiger partial charge in [0.25, 0.3) is 0 Å². The lowest BCUT2D eigenvalue weighted by atomic mass is 9.91. The maximum absolute atomic E-state index is 4.27. The molecule has 1 aliphatic rings. The molecule has 0 N–H and O–H groups in total. The van der Waals surface area contributed by atoms with Crippen molar-refractivity contribution in [3.8, 4) is 0 Å². The smallest absolute Gasteiger partial charge is 0.107 e. The van der Waals surface area contributed by atoms with E-state index >= 15 is 0 Å². The van der Waals surface area contributed by atoms with E-state index in [0.29, 0.717) is 0 Å². The van der Waals surface area contributed by atoms with E-state index < -0.39 is 0 Å². The fraction of sp³-hybridized carbons (Fsp3) is 0.400. The molecule has 1 heterocycles. The van der Waals surface area contributed by atoms with Crippen LogP contribution in [0.5, 0.6) is 0 Å². The molecule has 0 aliphatic heterocycles. The standard InChI is InChI=1S/C10H12N2S/c1-7-6-10(2,3)5-4-8-9(7)12-13-11-8/h4-6H,1-3H3. The summed E-state index contributed by atoms with van der Waals surface area (Å²) >= 11 is 1.28. The Bertz CT molecular complexity index is 385. The molecular formula is C10H12N2S. The highest BCUT2D eigenvalue weighted by Crippen LogP contribution is 2.31. The van der Waals surface area contributed by atoms with E-state index in [2.05, 4.69) is 47.7 Å². The summed E-state index contributed by atoms with van der Waals surface area (Å²) < 4.78 is 8.51. The van der Waals surface area contributed by atoms with Crippen LogP contribution in [0.25, 0.3) is 11.6 Å². The van der Waals surface area contributed by atoms with E-state index in [1.165, 1.54) is 17.3 Å². The third-order valence-corrected chi connectivity index (χ3v) is 2.69. The second-order valence-corrected chi connectivity index (χ2v) is 4.51. The van der Waals surface area contributed by atoms with Gasteiger partial charge < -0.3 is 0 Å². The van der Waals surface area contributed by atoms with Gasteiger partial charge in [0.1, 0.15) is 11.4 Å². The predicted octanol–water partition coefficient (Wildman–Crippen LogP) is 2.99. The zero-order valence-corrected chi connectivity index (χ0v) is 8.85. The Labute approximate surface area is 82.3 Å². The van der Waals surface area contributed by atoms with Crippen LogP contribution in [0.1, 0.15) is 32.2 Å². The van der Waals surface area contributed by atoms with Crippen LogP contribution in [0, 0.1) is 5.41 Å². The lowest BCUT2D eigenvalue weighted by molar-refractivity contribution is 0.631. The van der Waals surface area contributed by atoms with Gasteiger partial charge in [-0.1, -0.05) is 26.0 Å². The number of hydrogen-bond donors (Lipinski definition) is 0. The van der Waals surface area contributed by atoms with Gasteiger partial charge in [-0.15, -0.1) is 0 Å². The molecule has 0 bridgehead atoms. The topological polar surface area (TPSA) is 25.8 Å². The van der Waals surface area contributed by atoms with Crippen molar-refractivity contribution in [1.29, 1.82) is 0 Å². The third kappa shape index (κ3) is 1.56. The highest BCUT2D eigenvalue weighted by Gasteiger charge is 2.18. The second-order valence-electron chi connectivity index (χ2n) is 3.98. The van der Waals surface area contributed by atoms with Crippen molar-refractivity contribution in [3.05, 3.63) is 23.5 Å². The first kappa shape index (κ1) is 8.63. The third-order valence-electron chi connectivity index (χ3n) is 2.15. The van der Waals surface area contributed by atoms with Crippen molar-refractivity contribution in [2.75, 3.05) is 0 Å². The average Bonchev–Trinajstić information content (AvgIpc) is 2.43. The molecule has 0 saturated carbocycles. The molecule has 1 aromatic rings. The summed E-state index contributed by atoms with van der Waals surface area (Å²) in [6.07, 6.45) is 6.46. The zero-order valence-electron chi connectivity index (χ0n) is 8.03. The van der Waals surface area contributed by atoms with Crippen LogP contribution in [0.2, 0.25) is 0 Å². The highest BCUT2D eigenvalue weighted by atomic mass is 32.1. The zero-order chi connectivity index (χ0) is 9.47. The second kappa shape index (κ2) is 2.77. The van der Waals surface area contributed by atoms with Gasteiger partial charge in [0.2, 0.25) is 0 Å². The summed E-state index contributed by atoms with van der Waals surface area (Å²) in [5.74, 6) is 0. The Balaban J connectivity index is 2.58. The van der Waals surface area contributed by atoms with Crippen LogP contribution in [0.15, 0.2) is 12.2 Å². The summed E-state index contributed by atoms with van der Waals surface area (Å²) in [5, 5.41) is 0. The normalized spacial score (nSPS) is 19.2. The van der Waals surface area contributed by atoms with Crippen LogP contribution in [-0.2, 0) is 0 Å². The molecule has 13 heavy (non-hydrogen) atoms. The highest BCUT2D eigenvalue weighted by molar-refractivity contribution is 6.99. The van der Waals surface area contributed by atoms with E-state index in [1.807, 2.05) is 0 Å². The van der Waals surface area contributed by atoms with Crippen molar-refractivity contribution in [2.24, 2.45) is 5.41 Å². The summed E-state index contributed by atoms with van der Waals surface area (Å²) in [6.45, 7) is 6.46. The monoisotopic (exact) mass is 192 g/mol. The molecule has 0 amide bonds. The van der Waals surface area contributed by atoms with E-state index in [1.54, 1.807) is 0 Å². The fourth-order valence-electron chi connectivity index (χ4n) is 1.55. The number of aromatic nitrogens is 2. The SMILES string of the molecule is CC1=CC(C)(C)C=Cc2nsnc21. The van der Waals surface area contributed by atoms with Crippen LogP contribution >= 0.6 is 11.7 Å². The van der Waals surface area contributed by atoms with Crippen molar-refractivity contribution < 1.29 is 0 Å². The molecule has 1 aliphatic carbocycles. The molecule has 0 aromatic carbocycles. The van der Waals surface area contributed by atoms with Gasteiger partial charge in [-0.05, 0) is 18.6 Å². The predicted molar refractivity (Wildman–Crippen MR) is 56.4 cm³/mol. The molecule has 0 unspecified atom stereocenters. The van der Waals surface area contributed by atoms with Gasteiger partial charge in [0.15, 0.2) is 0 Å². The minimum atomic E-state index is 0.115. The number of fused-ring (bicyclic) bond motifs is 1. The minimum Gasteiger partial charge on any atom is -0.173 e. The first-order valence-corrected chi connectivity index (χ1v) is 5.03. The number of rotatable bonds is 0. The van der Waals surface area contributed by atoms with Crippen LogP contribution in [0.4, 0.5) is 0 Å². The van der Waals surface area contributed by atoms with E-state index in [-0.39, 0.29) is 5.41 Å². The molecule has 0 radical (unpaired) electrons. The van der Waals surface area contributed by atoms with E-state index in [0.717, 1.165) is 11.4 Å². The van der Waals surface area contributed by atoms with Crippen LogP contribution in [-0.4, -0.2) is 8.75 Å². The van der Waals surface area contributed by atoms with Gasteiger partial charge in [-0.3, -0.25) is 0 Å². The fourth-order valence-corrected chi connectivity index (χ4v) is 2.14. The van der Waals surface area contributed by atoms with E-state index in [9.17, 15) is 0 Å². The Kier molecular flexibility index (Phi) is 1.84. The number of nitrogens with zero attached hydrogens (tertiary/aromatic N) is 2. The molecule has 3 heteroatoms. The molecule has 68 valence electrons. The summed E-state index contributed by atoms with van der Waals surface area (Å²) in [7, 11) is 0. The first-order chi connectivity index (χ1) is 6.08. The summed E-state index contributed by atoms with van der Waals surface area (Å²) in [6, 6.07) is 0. The van der Waals surface area contributed by atoms with Crippen LogP contribution < -0.4 is 0 Å². The summed E-state index contributed by atoms with van der Waals surface area (Å²) in [5.41, 5.74) is 3.37. The van der Waals surface area contributed by atoms with Crippen molar-refractivity contribution in [2.45, 2.75) is 20.8 Å². The lowest BCUT2D eigenvalue weighted by Gasteiger charge is -2.13. The maximum Gasteiger partial charge on any atom is 0.107 e. The number of allylic oxidation sites excluding steroid dienone is 3. The van der Waals surface area contributed by atoms with Crippen molar-refractivity contribution in [1.82, 2.24) is 8.75 Å². The maximum atomic E-state index is 4.27. The quantitative estimate of drug-likeness (QED) is 0.631. The van der Waals surface area contributed by atoms with E-state index in [4.69, 9.17) is 0 Å². The van der Waals surface area contributed by atoms with Gasteiger partial charge in [0.05, 0.1) is 11.7 Å². The van der Waals surface area contributed by atoms with Gasteiger partial charge in [-0.25, -0.2) is 0 Å². The minimum absolute atomic E-state index is 0.115. The molecule has 2 rings (SSSR count). The van der Waals surface area contributed by atoms with Crippen molar-refractivity contribution in [3.63, 3.8) is 0 Å². The lowest BCUT2D eigenvalue weighted by Crippen LogP contribution is -2.01. The largest absolute Gasteiger partial charge is 0.173 e. The van der Waals surface area contributed by atoms with Gasteiger partial charge in [-0.2, -0.15) is 8.75 Å². The molecule has 0 atom stereocenters. The molecule has 0 fully saturated rings. The Morgan fingerprint density at radius 2 is 2.08 bits per heavy atom. The molecule has 0 saturated heterocycles. The Morgan fingerprint density at radius 3 is 2.85 bits per heavy atom. The number of hydrogen-bond acceptors (Lipinski definition) is 3. The molecular weight excluding hydrogens is 180 g/mol. The van der Waals surface area contributed by atoms with Gasteiger partial charge >= 0.3 is 0 Å². The molecule has 1 aromatic heterocycles. The molecule has 0 spiro atoms. The van der Waals surface area contributed by atoms with Crippen molar-refractivity contribution >= 4 is 23.4 Å².